The van der Waals surface area contributed by atoms with Crippen molar-refractivity contribution in [1.82, 2.24) is 10.2 Å². The SMILES string of the molecule is [C-]#[N+]C1C(COCc2ccccc2)=Nc2[nH]ncc2C1c1ccccc1Cl. The number of ether oxygens (including phenoxy) is 1. The molecule has 2 atom stereocenters. The second-order valence-corrected chi connectivity index (χ2v) is 6.74. The molecule has 134 valence electrons. The quantitative estimate of drug-likeness (QED) is 0.651. The highest BCUT2D eigenvalue weighted by Crippen LogP contribution is 2.41. The highest BCUT2D eigenvalue weighted by atomic mass is 35.5. The van der Waals surface area contributed by atoms with Gasteiger partial charge in [-0.25, -0.2) is 11.6 Å². The molecule has 0 bridgehead atoms. The molecule has 5 nitrogen and oxygen atoms in total. The molecule has 1 aliphatic heterocycles. The van der Waals surface area contributed by atoms with E-state index in [2.05, 4.69) is 20.0 Å². The maximum Gasteiger partial charge on any atom is 0.274 e. The molecule has 0 aliphatic carbocycles. The summed E-state index contributed by atoms with van der Waals surface area (Å²) in [5, 5.41) is 7.68. The van der Waals surface area contributed by atoms with Gasteiger partial charge in [0.25, 0.3) is 6.04 Å². The summed E-state index contributed by atoms with van der Waals surface area (Å²) in [6, 6.07) is 17.1. The van der Waals surface area contributed by atoms with E-state index in [1.54, 1.807) is 6.20 Å². The average molecular weight is 377 g/mol. The second-order valence-electron chi connectivity index (χ2n) is 6.33. The summed E-state index contributed by atoms with van der Waals surface area (Å²) in [5.41, 5.74) is 3.55. The van der Waals surface area contributed by atoms with Gasteiger partial charge in [0.15, 0.2) is 5.82 Å². The summed E-state index contributed by atoms with van der Waals surface area (Å²) in [7, 11) is 0. The Balaban J connectivity index is 1.62. The highest BCUT2D eigenvalue weighted by molar-refractivity contribution is 6.31. The van der Waals surface area contributed by atoms with Gasteiger partial charge in [-0.3, -0.25) is 5.10 Å². The summed E-state index contributed by atoms with van der Waals surface area (Å²) in [6.07, 6.45) is 1.73. The fourth-order valence-electron chi connectivity index (χ4n) is 3.36. The Morgan fingerprint density at radius 3 is 2.59 bits per heavy atom. The maximum absolute atomic E-state index is 7.79. The molecule has 0 saturated heterocycles. The summed E-state index contributed by atoms with van der Waals surface area (Å²) in [6.45, 7) is 8.54. The third kappa shape index (κ3) is 3.50. The number of aliphatic imine (C=N–C) groups is 1. The monoisotopic (exact) mass is 376 g/mol. The Labute approximate surface area is 162 Å². The lowest BCUT2D eigenvalue weighted by atomic mass is 9.82. The van der Waals surface area contributed by atoms with Crippen molar-refractivity contribution in [3.05, 3.63) is 93.9 Å². The van der Waals surface area contributed by atoms with Gasteiger partial charge in [0.2, 0.25) is 0 Å². The lowest BCUT2D eigenvalue weighted by Gasteiger charge is -2.24. The van der Waals surface area contributed by atoms with Gasteiger partial charge >= 0.3 is 0 Å². The van der Waals surface area contributed by atoms with Crippen LogP contribution in [-0.4, -0.2) is 28.6 Å². The van der Waals surface area contributed by atoms with E-state index in [1.807, 2.05) is 54.6 Å². The van der Waals surface area contributed by atoms with Crippen molar-refractivity contribution >= 4 is 23.1 Å². The molecule has 0 spiro atoms. The van der Waals surface area contributed by atoms with E-state index >= 15 is 0 Å². The predicted octanol–water partition coefficient (Wildman–Crippen LogP) is 4.79. The fraction of sp³-hybridized carbons (Fsp3) is 0.190. The van der Waals surface area contributed by atoms with Gasteiger partial charge in [-0.2, -0.15) is 5.10 Å². The average Bonchev–Trinajstić information content (AvgIpc) is 3.16. The van der Waals surface area contributed by atoms with Crippen molar-refractivity contribution in [3.63, 3.8) is 0 Å². The number of benzene rings is 2. The molecule has 0 saturated carbocycles. The lowest BCUT2D eigenvalue weighted by molar-refractivity contribution is 0.156. The third-order valence-corrected chi connectivity index (χ3v) is 4.98. The molecule has 6 heteroatoms. The van der Waals surface area contributed by atoms with Crippen molar-refractivity contribution < 1.29 is 4.74 Å². The van der Waals surface area contributed by atoms with Crippen molar-refractivity contribution in [1.29, 1.82) is 0 Å². The minimum absolute atomic E-state index is 0.224. The first kappa shape index (κ1) is 17.5. The normalized spacial score (nSPS) is 18.4. The van der Waals surface area contributed by atoms with Crippen LogP contribution in [0.25, 0.3) is 4.85 Å². The fourth-order valence-corrected chi connectivity index (χ4v) is 3.61. The van der Waals surface area contributed by atoms with Crippen LogP contribution in [0.1, 0.15) is 22.6 Å². The smallest absolute Gasteiger partial charge is 0.274 e. The number of fused-ring (bicyclic) bond motifs is 1. The molecule has 2 heterocycles. The van der Waals surface area contributed by atoms with E-state index in [0.29, 0.717) is 23.2 Å². The Hall–Kier alpha value is -2.94. The molecule has 0 fully saturated rings. The van der Waals surface area contributed by atoms with Gasteiger partial charge in [-0.05, 0) is 17.2 Å². The van der Waals surface area contributed by atoms with Crippen LogP contribution in [0.3, 0.4) is 0 Å². The highest BCUT2D eigenvalue weighted by Gasteiger charge is 2.41. The van der Waals surface area contributed by atoms with E-state index in [9.17, 15) is 0 Å². The van der Waals surface area contributed by atoms with Gasteiger partial charge in [-0.15, -0.1) is 0 Å². The third-order valence-electron chi connectivity index (χ3n) is 4.64. The molecule has 3 aromatic rings. The Bertz CT molecular complexity index is 1010. The molecule has 1 N–H and O–H groups in total. The lowest BCUT2D eigenvalue weighted by Crippen LogP contribution is -2.32. The molecule has 0 radical (unpaired) electrons. The van der Waals surface area contributed by atoms with E-state index in [4.69, 9.17) is 22.9 Å². The molecule has 4 rings (SSSR count). The number of hydrogen-bond acceptors (Lipinski definition) is 3. The van der Waals surface area contributed by atoms with Crippen LogP contribution in [0.15, 0.2) is 65.8 Å². The number of aromatic nitrogens is 2. The molecule has 2 unspecified atom stereocenters. The van der Waals surface area contributed by atoms with Crippen LogP contribution in [-0.2, 0) is 11.3 Å². The number of rotatable bonds is 5. The molecular weight excluding hydrogens is 360 g/mol. The van der Waals surface area contributed by atoms with E-state index in [0.717, 1.165) is 16.7 Å². The van der Waals surface area contributed by atoms with E-state index in [1.165, 1.54) is 0 Å². The van der Waals surface area contributed by atoms with Gasteiger partial charge in [-0.1, -0.05) is 60.1 Å². The van der Waals surface area contributed by atoms with Gasteiger partial charge in [0.1, 0.15) is 5.71 Å². The number of nitrogens with zero attached hydrogens (tertiary/aromatic N) is 3. The Morgan fingerprint density at radius 2 is 1.81 bits per heavy atom. The summed E-state index contributed by atoms with van der Waals surface area (Å²) in [4.78, 5) is 8.48. The van der Waals surface area contributed by atoms with E-state index < -0.39 is 6.04 Å². The molecular formula is C21H17ClN4O. The van der Waals surface area contributed by atoms with Crippen LogP contribution >= 0.6 is 11.6 Å². The first-order valence-corrected chi connectivity index (χ1v) is 8.99. The van der Waals surface area contributed by atoms with Gasteiger partial charge < -0.3 is 9.58 Å². The van der Waals surface area contributed by atoms with Gasteiger partial charge in [0.05, 0.1) is 25.3 Å². The van der Waals surface area contributed by atoms with Crippen LogP contribution in [0.4, 0.5) is 5.82 Å². The van der Waals surface area contributed by atoms with E-state index in [-0.39, 0.29) is 12.5 Å². The number of H-pyrrole nitrogens is 1. The van der Waals surface area contributed by atoms with Crippen molar-refractivity contribution in [2.75, 3.05) is 6.61 Å². The van der Waals surface area contributed by atoms with Crippen LogP contribution in [0, 0.1) is 6.57 Å². The minimum atomic E-state index is -0.481. The number of hydrogen-bond donors (Lipinski definition) is 1. The number of aromatic amines is 1. The van der Waals surface area contributed by atoms with Gasteiger partial charge in [0, 0.05) is 10.6 Å². The maximum atomic E-state index is 7.79. The largest absolute Gasteiger partial charge is 0.371 e. The predicted molar refractivity (Wildman–Crippen MR) is 105 cm³/mol. The van der Waals surface area contributed by atoms with Crippen molar-refractivity contribution in [2.45, 2.75) is 18.6 Å². The summed E-state index contributed by atoms with van der Waals surface area (Å²) < 4.78 is 5.86. The Morgan fingerprint density at radius 1 is 1.04 bits per heavy atom. The zero-order valence-corrected chi connectivity index (χ0v) is 15.2. The number of nitrogens with one attached hydrogen (secondary N) is 1. The minimum Gasteiger partial charge on any atom is -0.371 e. The van der Waals surface area contributed by atoms with Crippen molar-refractivity contribution in [3.8, 4) is 0 Å². The topological polar surface area (TPSA) is 54.6 Å². The zero-order chi connectivity index (χ0) is 18.6. The standard InChI is InChI=1S/C21H17ClN4O/c1-23-20-18(13-27-12-14-7-3-2-4-8-14)25-21-16(11-24-26-21)19(20)15-9-5-6-10-17(15)22/h2-11,19-20H,12-13H2,(H,24,26). The molecule has 27 heavy (non-hydrogen) atoms. The van der Waals surface area contributed by atoms with Crippen LogP contribution in [0.5, 0.6) is 0 Å². The molecule has 1 aromatic heterocycles. The summed E-state index contributed by atoms with van der Waals surface area (Å²) in [5.74, 6) is 0.441. The molecule has 0 amide bonds. The van der Waals surface area contributed by atoms with Crippen LogP contribution in [0.2, 0.25) is 5.02 Å². The summed E-state index contributed by atoms with van der Waals surface area (Å²) >= 11 is 6.44. The number of halogens is 1. The molecule has 2 aromatic carbocycles. The van der Waals surface area contributed by atoms with Crippen LogP contribution < -0.4 is 0 Å². The first-order valence-electron chi connectivity index (χ1n) is 8.61. The Kier molecular flexibility index (Phi) is 5.01. The zero-order valence-electron chi connectivity index (χ0n) is 14.5. The molecule has 1 aliphatic rings. The van der Waals surface area contributed by atoms with Crippen molar-refractivity contribution in [2.24, 2.45) is 4.99 Å². The second kappa shape index (κ2) is 7.75. The first-order chi connectivity index (χ1) is 13.3.